The number of unbranched alkanes of at least 4 members (excludes halogenated alkanes) is 1. The smallest absolute Gasteiger partial charge is 0.238 e. The third kappa shape index (κ3) is 3.51. The summed E-state index contributed by atoms with van der Waals surface area (Å²) in [6.07, 6.45) is 2.93. The van der Waals surface area contributed by atoms with Crippen molar-refractivity contribution in [3.05, 3.63) is 96.1 Å². The first-order valence-electron chi connectivity index (χ1n) is 12.6. The number of anilines is 1. The summed E-state index contributed by atoms with van der Waals surface area (Å²) in [5, 5.41) is 0. The van der Waals surface area contributed by atoms with Gasteiger partial charge in [0.1, 0.15) is 5.75 Å². The van der Waals surface area contributed by atoms with Crippen molar-refractivity contribution in [3.63, 3.8) is 0 Å². The number of hydrogen-bond acceptors (Lipinski definition) is 3. The minimum Gasteiger partial charge on any atom is -0.494 e. The Bertz CT molecular complexity index is 1210. The summed E-state index contributed by atoms with van der Waals surface area (Å²) in [4.78, 5) is 28.9. The molecule has 4 atom stereocenters. The second-order valence-electron chi connectivity index (χ2n) is 9.77. The van der Waals surface area contributed by atoms with E-state index in [0.717, 1.165) is 36.1 Å². The van der Waals surface area contributed by atoms with Crippen molar-refractivity contribution in [1.82, 2.24) is 0 Å². The molecule has 0 N–H and O–H groups in total. The summed E-state index contributed by atoms with van der Waals surface area (Å²) in [5.74, 6) is 0.161. The van der Waals surface area contributed by atoms with Crippen molar-refractivity contribution in [1.29, 1.82) is 0 Å². The zero-order chi connectivity index (χ0) is 23.9. The molecule has 4 heteroatoms. The summed E-state index contributed by atoms with van der Waals surface area (Å²) < 4.78 is 5.77. The lowest BCUT2D eigenvalue weighted by Crippen LogP contribution is -2.32. The topological polar surface area (TPSA) is 46.6 Å². The van der Waals surface area contributed by atoms with Crippen molar-refractivity contribution in [2.75, 3.05) is 11.5 Å². The second-order valence-corrected chi connectivity index (χ2v) is 9.77. The molecule has 2 amide bonds. The van der Waals surface area contributed by atoms with Crippen LogP contribution in [0.1, 0.15) is 37.3 Å². The van der Waals surface area contributed by atoms with Gasteiger partial charge in [-0.05, 0) is 71.2 Å². The molecule has 0 spiro atoms. The average Bonchev–Trinajstić information content (AvgIpc) is 3.55. The van der Waals surface area contributed by atoms with Gasteiger partial charge in [-0.15, -0.1) is 0 Å². The molecule has 1 heterocycles. The molecule has 2 aliphatic carbocycles. The van der Waals surface area contributed by atoms with E-state index in [-0.39, 0.29) is 35.5 Å². The maximum absolute atomic E-state index is 13.8. The highest BCUT2D eigenvalue weighted by atomic mass is 16.5. The van der Waals surface area contributed by atoms with Crippen LogP contribution in [-0.2, 0) is 9.59 Å². The maximum atomic E-state index is 13.8. The molecule has 1 saturated carbocycles. The molecule has 0 unspecified atom stereocenters. The van der Waals surface area contributed by atoms with Crippen LogP contribution < -0.4 is 9.64 Å². The zero-order valence-electron chi connectivity index (χ0n) is 19.9. The summed E-state index contributed by atoms with van der Waals surface area (Å²) in [5.41, 5.74) is 5.43. The Morgan fingerprint density at radius 3 is 1.74 bits per heavy atom. The lowest BCUT2D eigenvalue weighted by atomic mass is 9.73. The Hall–Kier alpha value is -3.66. The van der Waals surface area contributed by atoms with Crippen molar-refractivity contribution in [2.45, 2.75) is 26.2 Å². The molecule has 1 saturated heterocycles. The third-order valence-corrected chi connectivity index (χ3v) is 7.84. The minimum atomic E-state index is -0.296. The molecular formula is C31H29NO3. The number of carbonyl (C=O) groups excluding carboxylic acids is 2. The summed E-state index contributed by atoms with van der Waals surface area (Å²) >= 11 is 0. The van der Waals surface area contributed by atoms with Crippen molar-refractivity contribution in [2.24, 2.45) is 23.7 Å². The highest BCUT2D eigenvalue weighted by molar-refractivity contribution is 6.24. The van der Waals surface area contributed by atoms with E-state index in [1.54, 1.807) is 0 Å². The van der Waals surface area contributed by atoms with E-state index in [4.69, 9.17) is 4.74 Å². The predicted molar refractivity (Wildman–Crippen MR) is 138 cm³/mol. The van der Waals surface area contributed by atoms with Gasteiger partial charge in [-0.2, -0.15) is 0 Å². The Labute approximate surface area is 206 Å². The van der Waals surface area contributed by atoms with E-state index in [2.05, 4.69) is 31.2 Å². The normalized spacial score (nSPS) is 24.9. The molecule has 3 aliphatic rings. The minimum absolute atomic E-state index is 0.0562. The Balaban J connectivity index is 1.35. The monoisotopic (exact) mass is 463 g/mol. The van der Waals surface area contributed by atoms with E-state index >= 15 is 0 Å². The number of benzene rings is 3. The number of imide groups is 1. The molecular weight excluding hydrogens is 434 g/mol. The number of amides is 2. The number of ether oxygens (including phenoxy) is 1. The molecule has 4 nitrogen and oxygen atoms in total. The van der Waals surface area contributed by atoms with Crippen LogP contribution in [0.15, 0.2) is 84.9 Å². The highest BCUT2D eigenvalue weighted by Gasteiger charge is 2.64. The largest absolute Gasteiger partial charge is 0.494 e. The first kappa shape index (κ1) is 21.8. The fourth-order valence-corrected chi connectivity index (χ4v) is 6.37. The first-order valence-corrected chi connectivity index (χ1v) is 12.6. The van der Waals surface area contributed by atoms with E-state index in [1.807, 2.05) is 60.7 Å². The maximum Gasteiger partial charge on any atom is 0.238 e. The van der Waals surface area contributed by atoms with Gasteiger partial charge < -0.3 is 4.74 Å². The Kier molecular flexibility index (Phi) is 5.52. The molecule has 0 aromatic heterocycles. The van der Waals surface area contributed by atoms with Gasteiger partial charge in [0, 0.05) is 0 Å². The van der Waals surface area contributed by atoms with Gasteiger partial charge in [0.05, 0.1) is 24.1 Å². The Morgan fingerprint density at radius 2 is 1.26 bits per heavy atom. The molecule has 3 aromatic rings. The van der Waals surface area contributed by atoms with Crippen molar-refractivity contribution < 1.29 is 14.3 Å². The highest BCUT2D eigenvalue weighted by Crippen LogP contribution is 2.63. The van der Waals surface area contributed by atoms with Gasteiger partial charge in [0.2, 0.25) is 11.8 Å². The molecule has 1 aliphatic heterocycles. The zero-order valence-corrected chi connectivity index (χ0v) is 19.9. The van der Waals surface area contributed by atoms with Gasteiger partial charge in [-0.25, -0.2) is 0 Å². The molecule has 2 bridgehead atoms. The van der Waals surface area contributed by atoms with E-state index in [9.17, 15) is 9.59 Å². The number of hydrogen-bond donors (Lipinski definition) is 0. The van der Waals surface area contributed by atoms with Crippen molar-refractivity contribution >= 4 is 28.6 Å². The Morgan fingerprint density at radius 1 is 0.743 bits per heavy atom. The molecule has 176 valence electrons. The van der Waals surface area contributed by atoms with Crippen molar-refractivity contribution in [3.8, 4) is 5.75 Å². The standard InChI is InChI=1S/C31H29NO3/c1-2-3-18-35-23-16-14-22(15-17-23)32-30(33)28-24-19-25(29(28)31(32)34)27(21-12-8-5-9-13-21)26(24)20-10-6-4-7-11-20/h4-17,24-25,28-29H,2-3,18-19H2,1H3/t24-,25-,28+,29+/m1/s1. The lowest BCUT2D eigenvalue weighted by Gasteiger charge is -2.27. The number of fused-ring (bicyclic) bond motifs is 5. The van der Waals surface area contributed by atoms with Crippen LogP contribution in [0.4, 0.5) is 5.69 Å². The number of rotatable bonds is 7. The van der Waals surface area contributed by atoms with Gasteiger partial charge in [0.15, 0.2) is 0 Å². The summed E-state index contributed by atoms with van der Waals surface area (Å²) in [6, 6.07) is 28.1. The fourth-order valence-electron chi connectivity index (χ4n) is 6.37. The molecule has 3 aromatic carbocycles. The van der Waals surface area contributed by atoms with E-state index < -0.39 is 0 Å². The van der Waals surface area contributed by atoms with Crippen LogP contribution >= 0.6 is 0 Å². The first-order chi connectivity index (χ1) is 17.2. The molecule has 2 fully saturated rings. The van der Waals surface area contributed by atoms with E-state index in [1.165, 1.54) is 16.0 Å². The van der Waals surface area contributed by atoms with Crippen LogP contribution in [0.3, 0.4) is 0 Å². The van der Waals surface area contributed by atoms with Crippen LogP contribution in [-0.4, -0.2) is 18.4 Å². The third-order valence-electron chi connectivity index (χ3n) is 7.84. The number of nitrogens with zero attached hydrogens (tertiary/aromatic N) is 1. The SMILES string of the molecule is CCCCOc1ccc(N2C(=O)[C@@H]3[C@@H](C2=O)[C@@H]2C[C@@H]3C(c3ccccc3)=C2c2ccccc2)cc1. The van der Waals surface area contributed by atoms with E-state index in [0.29, 0.717) is 12.3 Å². The average molecular weight is 464 g/mol. The number of carbonyl (C=O) groups is 2. The summed E-state index contributed by atoms with van der Waals surface area (Å²) in [7, 11) is 0. The van der Waals surface area contributed by atoms with Crippen LogP contribution in [0.2, 0.25) is 0 Å². The molecule has 0 radical (unpaired) electrons. The summed E-state index contributed by atoms with van der Waals surface area (Å²) in [6.45, 7) is 2.80. The molecule has 6 rings (SSSR count). The second kappa shape index (κ2) is 8.84. The fraction of sp³-hybridized carbons (Fsp3) is 0.290. The van der Waals surface area contributed by atoms with Crippen LogP contribution in [0.25, 0.3) is 11.1 Å². The van der Waals surface area contributed by atoms with Gasteiger partial charge in [-0.1, -0.05) is 74.0 Å². The molecule has 35 heavy (non-hydrogen) atoms. The van der Waals surface area contributed by atoms with Gasteiger partial charge >= 0.3 is 0 Å². The predicted octanol–water partition coefficient (Wildman–Crippen LogP) is 6.23. The lowest BCUT2D eigenvalue weighted by molar-refractivity contribution is -0.123. The van der Waals surface area contributed by atoms with Gasteiger partial charge in [-0.3, -0.25) is 14.5 Å². The van der Waals surface area contributed by atoms with Gasteiger partial charge in [0.25, 0.3) is 0 Å². The van der Waals surface area contributed by atoms with Crippen LogP contribution in [0.5, 0.6) is 5.75 Å². The number of allylic oxidation sites excluding steroid dienone is 2. The quantitative estimate of drug-likeness (QED) is 0.308. The van der Waals surface area contributed by atoms with Crippen LogP contribution in [0, 0.1) is 23.7 Å².